The van der Waals surface area contributed by atoms with Crippen LogP contribution in [0.15, 0.2) is 173 Å². The quantitative estimate of drug-likeness (QED) is 0.127. The number of furan rings is 2. The largest absolute Gasteiger partial charge is 0.494 e. The number of fused-ring (bicyclic) bond motifs is 6. The average molecular weight is 901 g/mol. The minimum absolute atomic E-state index is 0. The van der Waals surface area contributed by atoms with Gasteiger partial charge in [0.1, 0.15) is 11.2 Å². The van der Waals surface area contributed by atoms with Crippen LogP contribution in [-0.4, -0.2) is 0 Å². The molecule has 0 aliphatic rings. The van der Waals surface area contributed by atoms with Crippen molar-refractivity contribution < 1.29 is 8.83 Å². The third-order valence-corrected chi connectivity index (χ3v) is 10.5. The fraction of sp³-hybridized carbons (Fsp3) is 0. The van der Waals surface area contributed by atoms with Crippen LogP contribution in [0.4, 0.5) is 28.4 Å². The van der Waals surface area contributed by atoms with Crippen LogP contribution in [0.25, 0.3) is 76.2 Å². The third kappa shape index (κ3) is 3.98. The van der Waals surface area contributed by atoms with Crippen LogP contribution >= 0.6 is 0 Å². The van der Waals surface area contributed by atoms with E-state index in [1.807, 2.05) is 29.2 Å². The molecule has 4 nitrogen and oxygen atoms in total. The number of hydrogen-bond donors (Lipinski definition) is 0. The van der Waals surface area contributed by atoms with Crippen molar-refractivity contribution in [1.82, 2.24) is 0 Å². The second-order valence-electron chi connectivity index (χ2n) is 13.2. The molecule has 9 aromatic carbocycles. The molecule has 0 saturated heterocycles. The first kappa shape index (κ1) is 29.2. The average Bonchev–Trinajstić information content (AvgIpc) is 3.77. The zero-order valence-electron chi connectivity index (χ0n) is 27.8. The Bertz CT molecular complexity index is 3130. The minimum Gasteiger partial charge on any atom is -0.494 e. The first-order valence-electron chi connectivity index (χ1n) is 17.2. The van der Waals surface area contributed by atoms with Crippen molar-refractivity contribution in [3.63, 3.8) is 0 Å². The molecule has 0 bridgehead atoms. The van der Waals surface area contributed by atoms with E-state index in [1.54, 1.807) is 0 Å². The van der Waals surface area contributed by atoms with Crippen LogP contribution in [0.5, 0.6) is 0 Å². The van der Waals surface area contributed by atoms with Crippen LogP contribution < -0.4 is 9.80 Å². The number of rotatable bonds is 5. The Labute approximate surface area is 293 Å². The van der Waals surface area contributed by atoms with Gasteiger partial charge in [0, 0.05) is 43.7 Å². The SMILES string of the molecule is [Bk].[CH2-]N(c1ccc2ccc3c(N(c4ccccc4)c4cccc5c4oc4ccccc45)ccc4ccc1c2c43)c1cccc2c1oc1ccccc12. The molecule has 249 valence electrons. The number of nitrogens with zero attached hydrogens (tertiary/aromatic N) is 2. The summed E-state index contributed by atoms with van der Waals surface area (Å²) in [6, 6.07) is 57.6. The van der Waals surface area contributed by atoms with E-state index in [4.69, 9.17) is 8.83 Å². The molecule has 0 amide bonds. The summed E-state index contributed by atoms with van der Waals surface area (Å²) in [7, 11) is 4.61. The number of hydrogen-bond acceptors (Lipinski definition) is 4. The molecule has 2 heterocycles. The Morgan fingerprint density at radius 1 is 0.365 bits per heavy atom. The number of benzene rings is 9. The number of para-hydroxylation sites is 5. The smallest absolute Gasteiger partial charge is 0.159 e. The van der Waals surface area contributed by atoms with Crippen molar-refractivity contribution in [1.29, 1.82) is 0 Å². The van der Waals surface area contributed by atoms with Crippen molar-refractivity contribution in [2.45, 2.75) is 0 Å². The van der Waals surface area contributed by atoms with E-state index >= 15 is 0 Å². The van der Waals surface area contributed by atoms with E-state index in [-0.39, 0.29) is 0 Å². The van der Waals surface area contributed by atoms with E-state index in [0.29, 0.717) is 0 Å². The standard InChI is InChI=1S/C47H29N2O2.Bk/c1-48(40-17-9-15-34-32-13-5-7-19-42(32)50-46(34)40)38-27-23-29-22-26-37-39(28-24-30-21-25-36(38)44(29)45(30)37)49(31-11-3-2-4-12-31)41-18-10-16-35-33-14-6-8-20-43(33)51-47(35)41;/h2-28H,1H2;/q-1;. The molecule has 0 spiro atoms. The summed E-state index contributed by atoms with van der Waals surface area (Å²) in [5.74, 6) is 0. The van der Waals surface area contributed by atoms with Crippen LogP contribution in [0.1, 0.15) is 0 Å². The van der Waals surface area contributed by atoms with Gasteiger partial charge in [0.2, 0.25) is 0 Å². The molecule has 2 aromatic heterocycles. The van der Waals surface area contributed by atoms with Crippen LogP contribution in [-0.2, 0) is 0 Å². The summed E-state index contributed by atoms with van der Waals surface area (Å²) < 4.78 is 13.0. The number of anilines is 5. The van der Waals surface area contributed by atoms with Crippen molar-refractivity contribution in [2.24, 2.45) is 0 Å². The summed E-state index contributed by atoms with van der Waals surface area (Å²) in [6.07, 6.45) is 0. The molecule has 0 fully saturated rings. The molecule has 0 N–H and O–H groups in total. The predicted molar refractivity (Wildman–Crippen MR) is 213 cm³/mol. The fourth-order valence-electron chi connectivity index (χ4n) is 8.17. The first-order valence-corrected chi connectivity index (χ1v) is 17.2. The van der Waals surface area contributed by atoms with Gasteiger partial charge in [0.15, 0.2) is 11.2 Å². The summed E-state index contributed by atoms with van der Waals surface area (Å²) in [5.41, 5.74) is 8.53. The molecule has 5 heteroatoms. The summed E-state index contributed by atoms with van der Waals surface area (Å²) in [4.78, 5) is 4.36. The van der Waals surface area contributed by atoms with E-state index < -0.39 is 0 Å². The van der Waals surface area contributed by atoms with Gasteiger partial charge in [-0.25, -0.2) is 0 Å². The summed E-state index contributed by atoms with van der Waals surface area (Å²) in [5, 5.41) is 11.5. The third-order valence-electron chi connectivity index (χ3n) is 10.5. The first-order chi connectivity index (χ1) is 25.2. The summed E-state index contributed by atoms with van der Waals surface area (Å²) in [6.45, 7) is 0. The van der Waals surface area contributed by atoms with Crippen molar-refractivity contribution in [3.8, 4) is 0 Å². The monoisotopic (exact) mass is 900 g/mol. The maximum Gasteiger partial charge on any atom is 0.159 e. The van der Waals surface area contributed by atoms with Gasteiger partial charge in [-0.3, -0.25) is 7.05 Å². The maximum absolute atomic E-state index is 6.60. The minimum atomic E-state index is 0. The molecular formula is C47H29BkN2O2-. The van der Waals surface area contributed by atoms with Gasteiger partial charge >= 0.3 is 0 Å². The fourth-order valence-corrected chi connectivity index (χ4v) is 8.17. The van der Waals surface area contributed by atoms with Crippen molar-refractivity contribution in [2.75, 3.05) is 9.80 Å². The normalized spacial score (nSPS) is 11.8. The molecule has 0 saturated carbocycles. The Hall–Kier alpha value is -7.78. The predicted octanol–water partition coefficient (Wildman–Crippen LogP) is 13.8. The molecule has 0 aliphatic heterocycles. The van der Waals surface area contributed by atoms with E-state index in [1.165, 1.54) is 21.5 Å². The molecular weight excluding hydrogens is 872 g/mol. The summed E-state index contributed by atoms with van der Waals surface area (Å²) >= 11 is 0. The Morgan fingerprint density at radius 2 is 0.846 bits per heavy atom. The van der Waals surface area contributed by atoms with Gasteiger partial charge in [0.05, 0.1) is 17.1 Å². The van der Waals surface area contributed by atoms with E-state index in [9.17, 15) is 0 Å². The van der Waals surface area contributed by atoms with Gasteiger partial charge < -0.3 is 18.6 Å². The van der Waals surface area contributed by atoms with Crippen LogP contribution in [0.3, 0.4) is 0 Å². The Balaban J connectivity index is 0.00000338. The van der Waals surface area contributed by atoms with Gasteiger partial charge in [-0.15, -0.1) is 0 Å². The van der Waals surface area contributed by atoms with E-state index in [2.05, 4.69) is 151 Å². The molecule has 1 radical (unpaired) electrons. The molecule has 11 rings (SSSR count). The second-order valence-corrected chi connectivity index (χ2v) is 13.2. The molecule has 0 aliphatic carbocycles. The van der Waals surface area contributed by atoms with Gasteiger partial charge in [-0.2, -0.15) is 0 Å². The van der Waals surface area contributed by atoms with Gasteiger partial charge in [-0.05, 0) is 70.1 Å². The molecule has 11 aromatic rings. The van der Waals surface area contributed by atoms with Crippen LogP contribution in [0, 0.1) is 7.05 Å². The van der Waals surface area contributed by atoms with Crippen molar-refractivity contribution in [3.05, 3.63) is 171 Å². The molecule has 0 unspecified atom stereocenters. The zero-order chi connectivity index (χ0) is 33.6. The van der Waals surface area contributed by atoms with Crippen molar-refractivity contribution >= 4 is 105 Å². The van der Waals surface area contributed by atoms with E-state index in [0.717, 1.165) is 83.1 Å². The topological polar surface area (TPSA) is 32.8 Å². The second kappa shape index (κ2) is 10.9. The maximum atomic E-state index is 6.60. The van der Waals surface area contributed by atoms with Crippen LogP contribution in [0.2, 0.25) is 0 Å². The van der Waals surface area contributed by atoms with Gasteiger partial charge in [0.25, 0.3) is 0 Å². The van der Waals surface area contributed by atoms with Gasteiger partial charge in [-0.1, -0.05) is 115 Å². The molecule has 52 heavy (non-hydrogen) atoms. The molecule has 0 atom stereocenters. The zero-order valence-corrected chi connectivity index (χ0v) is 30.6. The Morgan fingerprint density at radius 3 is 1.48 bits per heavy atom. The Kier molecular flexibility index (Phi) is 6.09.